The Hall–Kier alpha value is -4.11. The van der Waals surface area contributed by atoms with Gasteiger partial charge >= 0.3 is 0 Å². The Morgan fingerprint density at radius 3 is 2.39 bits per heavy atom. The Kier molecular flexibility index (Phi) is 6.65. The van der Waals surface area contributed by atoms with Crippen molar-refractivity contribution in [1.29, 1.82) is 0 Å². The molecule has 4 aromatic rings. The molecule has 3 amide bonds. The molecule has 2 aliphatic heterocycles. The van der Waals surface area contributed by atoms with Crippen LogP contribution < -0.4 is 5.32 Å². The molecule has 0 radical (unpaired) electrons. The zero-order valence-electron chi connectivity index (χ0n) is 23.4. The van der Waals surface area contributed by atoms with Crippen LogP contribution in [0, 0.1) is 12.3 Å². The number of aromatic amines is 1. The number of carbonyl (C=O) groups excluding carboxylic acids is 3. The molecule has 3 atom stereocenters. The number of aryl methyl sites for hydroxylation is 1. The van der Waals surface area contributed by atoms with Crippen LogP contribution in [0.4, 0.5) is 0 Å². The second kappa shape index (κ2) is 10.1. The van der Waals surface area contributed by atoms with Gasteiger partial charge in [0.1, 0.15) is 17.5 Å². The van der Waals surface area contributed by atoms with Gasteiger partial charge in [0, 0.05) is 34.6 Å². The van der Waals surface area contributed by atoms with E-state index in [-0.39, 0.29) is 35.5 Å². The molecule has 0 spiro atoms. The van der Waals surface area contributed by atoms with Gasteiger partial charge in [0.05, 0.1) is 12.1 Å². The van der Waals surface area contributed by atoms with Gasteiger partial charge < -0.3 is 24.5 Å². The molecular weight excluding hydrogens is 542 g/mol. The van der Waals surface area contributed by atoms with E-state index >= 15 is 0 Å². The average Bonchev–Trinajstić information content (AvgIpc) is 3.73. The van der Waals surface area contributed by atoms with Gasteiger partial charge in [0.15, 0.2) is 5.69 Å². The molecule has 212 valence electrons. The number of halogens is 1. The number of fused-ring (bicyclic) bond motifs is 3. The summed E-state index contributed by atoms with van der Waals surface area (Å²) in [5, 5.41) is 4.52. The third-order valence-corrected chi connectivity index (χ3v) is 8.29. The van der Waals surface area contributed by atoms with E-state index in [1.807, 2.05) is 49.9 Å². The van der Waals surface area contributed by atoms with Gasteiger partial charge in [-0.25, -0.2) is 4.98 Å². The number of carbonyl (C=O) groups is 3. The van der Waals surface area contributed by atoms with Gasteiger partial charge in [-0.05, 0) is 55.2 Å². The minimum atomic E-state index is -0.732. The molecule has 4 heterocycles. The predicted molar refractivity (Wildman–Crippen MR) is 156 cm³/mol. The van der Waals surface area contributed by atoms with E-state index in [1.165, 1.54) is 0 Å². The number of hydrogen-bond donors (Lipinski definition) is 2. The molecule has 2 aliphatic rings. The first-order valence-corrected chi connectivity index (χ1v) is 14.1. The first kappa shape index (κ1) is 27.1. The Morgan fingerprint density at radius 2 is 1.73 bits per heavy atom. The topological polar surface area (TPSA) is 112 Å². The maximum Gasteiger partial charge on any atom is 0.276 e. The normalized spacial score (nSPS) is 19.1. The highest BCUT2D eigenvalue weighted by molar-refractivity contribution is 6.30. The predicted octanol–water partition coefficient (Wildman–Crippen LogP) is 5.05. The number of aromatic nitrogens is 2. The van der Waals surface area contributed by atoms with Crippen LogP contribution in [0.5, 0.6) is 0 Å². The molecule has 2 fully saturated rings. The largest absolute Gasteiger partial charge is 0.441 e. The van der Waals surface area contributed by atoms with E-state index in [0.29, 0.717) is 41.9 Å². The zero-order valence-corrected chi connectivity index (χ0v) is 24.2. The number of rotatable bonds is 5. The summed E-state index contributed by atoms with van der Waals surface area (Å²) in [6.07, 6.45) is 0.686. The summed E-state index contributed by atoms with van der Waals surface area (Å²) in [5.41, 5.74) is 1.76. The number of likely N-dealkylation sites (tertiary alicyclic amines) is 2. The van der Waals surface area contributed by atoms with Crippen molar-refractivity contribution in [2.24, 2.45) is 5.41 Å². The van der Waals surface area contributed by atoms with Gasteiger partial charge in [0.2, 0.25) is 11.8 Å². The van der Waals surface area contributed by atoms with Gasteiger partial charge in [-0.2, -0.15) is 0 Å². The van der Waals surface area contributed by atoms with Crippen LogP contribution in [0.2, 0.25) is 5.02 Å². The third-order valence-electron chi connectivity index (χ3n) is 8.04. The van der Waals surface area contributed by atoms with E-state index in [1.54, 1.807) is 42.2 Å². The lowest BCUT2D eigenvalue weighted by Gasteiger charge is -2.39. The maximum atomic E-state index is 13.9. The molecule has 2 aromatic heterocycles. The van der Waals surface area contributed by atoms with E-state index in [4.69, 9.17) is 16.0 Å². The van der Waals surface area contributed by atoms with Crippen molar-refractivity contribution in [3.63, 3.8) is 0 Å². The van der Waals surface area contributed by atoms with Crippen LogP contribution in [-0.2, 0) is 4.79 Å². The molecule has 9 nitrogen and oxygen atoms in total. The van der Waals surface area contributed by atoms with Crippen LogP contribution in [-0.4, -0.2) is 68.7 Å². The Morgan fingerprint density at radius 1 is 1.05 bits per heavy atom. The fourth-order valence-electron chi connectivity index (χ4n) is 5.85. The molecule has 41 heavy (non-hydrogen) atoms. The fourth-order valence-corrected chi connectivity index (χ4v) is 5.98. The first-order chi connectivity index (χ1) is 19.5. The lowest BCUT2D eigenvalue weighted by molar-refractivity contribution is -0.138. The van der Waals surface area contributed by atoms with Gasteiger partial charge in [-0.1, -0.05) is 50.6 Å². The molecule has 6 rings (SSSR count). The SMILES string of the molecule is Cc1oc(-c2ccc(Cl)cc2)nc1C(=O)N1C[C@@H]2C[C@H]1CN2C(=O)[C@@H](NC(=O)c1cc2ccccc2[nH]1)C(C)(C)C. The van der Waals surface area contributed by atoms with Crippen molar-refractivity contribution in [2.75, 3.05) is 13.1 Å². The molecule has 2 bridgehead atoms. The molecule has 0 unspecified atom stereocenters. The summed E-state index contributed by atoms with van der Waals surface area (Å²) in [6, 6.07) is 15.5. The molecule has 10 heteroatoms. The fraction of sp³-hybridized carbons (Fsp3) is 0.355. The number of nitrogens with zero attached hydrogens (tertiary/aromatic N) is 3. The number of para-hydroxylation sites is 1. The maximum absolute atomic E-state index is 13.9. The van der Waals surface area contributed by atoms with Crippen LogP contribution in [0.15, 0.2) is 59.0 Å². The van der Waals surface area contributed by atoms with E-state index in [0.717, 1.165) is 16.5 Å². The summed E-state index contributed by atoms with van der Waals surface area (Å²) in [7, 11) is 0. The lowest BCUT2D eigenvalue weighted by Crippen LogP contribution is -2.59. The molecule has 0 saturated carbocycles. The number of piperazine rings is 1. The third kappa shape index (κ3) is 4.99. The molecule has 2 aromatic carbocycles. The summed E-state index contributed by atoms with van der Waals surface area (Å²) in [5.74, 6) is 0.147. The highest BCUT2D eigenvalue weighted by Crippen LogP contribution is 2.35. The van der Waals surface area contributed by atoms with Crippen LogP contribution in [0.25, 0.3) is 22.4 Å². The minimum absolute atomic E-state index is 0.128. The molecule has 0 aliphatic carbocycles. The van der Waals surface area contributed by atoms with Crippen molar-refractivity contribution in [1.82, 2.24) is 25.1 Å². The van der Waals surface area contributed by atoms with Crippen molar-refractivity contribution in [2.45, 2.75) is 52.2 Å². The Labute approximate surface area is 242 Å². The lowest BCUT2D eigenvalue weighted by atomic mass is 9.85. The van der Waals surface area contributed by atoms with Crippen LogP contribution in [0.3, 0.4) is 0 Å². The summed E-state index contributed by atoms with van der Waals surface area (Å²) >= 11 is 5.99. The first-order valence-electron chi connectivity index (χ1n) is 13.7. The summed E-state index contributed by atoms with van der Waals surface area (Å²) < 4.78 is 5.81. The highest BCUT2D eigenvalue weighted by Gasteiger charge is 2.50. The monoisotopic (exact) mass is 573 g/mol. The Balaban J connectivity index is 1.15. The van der Waals surface area contributed by atoms with Crippen molar-refractivity contribution in [3.05, 3.63) is 76.8 Å². The van der Waals surface area contributed by atoms with Crippen LogP contribution in [0.1, 0.15) is 53.9 Å². The van der Waals surface area contributed by atoms with Gasteiger partial charge in [-0.15, -0.1) is 0 Å². The van der Waals surface area contributed by atoms with Crippen molar-refractivity contribution < 1.29 is 18.8 Å². The van der Waals surface area contributed by atoms with Crippen molar-refractivity contribution >= 4 is 40.2 Å². The summed E-state index contributed by atoms with van der Waals surface area (Å²) in [4.78, 5) is 51.9. The van der Waals surface area contributed by atoms with Crippen molar-refractivity contribution in [3.8, 4) is 11.5 Å². The number of oxazole rings is 1. The second-order valence-corrected chi connectivity index (χ2v) is 12.4. The molecule has 2 saturated heterocycles. The Bertz CT molecular complexity index is 1620. The number of nitrogens with one attached hydrogen (secondary N) is 2. The van der Waals surface area contributed by atoms with E-state index in [9.17, 15) is 14.4 Å². The highest BCUT2D eigenvalue weighted by atomic mass is 35.5. The smallest absolute Gasteiger partial charge is 0.276 e. The second-order valence-electron chi connectivity index (χ2n) is 12.0. The van der Waals surface area contributed by atoms with E-state index in [2.05, 4.69) is 15.3 Å². The molecule has 2 N–H and O–H groups in total. The minimum Gasteiger partial charge on any atom is -0.441 e. The number of H-pyrrole nitrogens is 1. The number of hydrogen-bond acceptors (Lipinski definition) is 5. The van der Waals surface area contributed by atoms with Crippen LogP contribution >= 0.6 is 11.6 Å². The van der Waals surface area contributed by atoms with Gasteiger partial charge in [0.25, 0.3) is 11.8 Å². The number of benzene rings is 2. The number of amides is 3. The molecular formula is C31H32ClN5O4. The van der Waals surface area contributed by atoms with Gasteiger partial charge in [-0.3, -0.25) is 14.4 Å². The average molecular weight is 574 g/mol. The quantitative estimate of drug-likeness (QED) is 0.347. The zero-order chi connectivity index (χ0) is 29.1. The standard InChI is InChI=1S/C31H32ClN5O4/c1-17-25(34-28(41-17)18-9-11-20(32)12-10-18)29(39)36-15-22-14-21(36)16-37(22)30(40)26(31(2,3)4)35-27(38)24-13-19-7-5-6-8-23(19)33-24/h5-13,21-22,26,33H,14-16H2,1-4H3,(H,35,38)/t21-,22-,26+/m0/s1. The van der Waals surface area contributed by atoms with E-state index < -0.39 is 11.5 Å². The summed E-state index contributed by atoms with van der Waals surface area (Å²) in [6.45, 7) is 8.37.